The molecule has 0 aliphatic heterocycles. The molecule has 35 heavy (non-hydrogen) atoms. The molecule has 0 radical (unpaired) electrons. The summed E-state index contributed by atoms with van der Waals surface area (Å²) in [4.78, 5) is 17.7. The first-order valence-electron chi connectivity index (χ1n) is 10.9. The highest BCUT2D eigenvalue weighted by Crippen LogP contribution is 2.31. The molecule has 0 saturated carbocycles. The van der Waals surface area contributed by atoms with Crippen LogP contribution in [0.25, 0.3) is 17.1 Å². The molecule has 10 heteroatoms. The van der Waals surface area contributed by atoms with E-state index in [1.807, 2.05) is 31.4 Å². The molecule has 2 aromatic heterocycles. The van der Waals surface area contributed by atoms with Crippen molar-refractivity contribution < 1.29 is 22.7 Å². The summed E-state index contributed by atoms with van der Waals surface area (Å²) in [5, 5.41) is 9.19. The molecule has 0 bridgehead atoms. The smallest absolute Gasteiger partial charge is 0.416 e. The number of carbonyl (C=O) groups is 1. The van der Waals surface area contributed by atoms with Gasteiger partial charge in [0.1, 0.15) is 0 Å². The number of ether oxygens (including phenoxy) is 1. The molecule has 4 aromatic rings. The first-order chi connectivity index (χ1) is 16.7. The topological polar surface area (TPSA) is 69.0 Å². The molecule has 6 nitrogen and oxygen atoms in total. The molecule has 2 aromatic carbocycles. The van der Waals surface area contributed by atoms with Crippen LogP contribution < -0.4 is 10.1 Å². The lowest BCUT2D eigenvalue weighted by atomic mass is 10.1. The van der Waals surface area contributed by atoms with Crippen LogP contribution in [-0.2, 0) is 17.4 Å². The van der Waals surface area contributed by atoms with Crippen LogP contribution in [0.3, 0.4) is 0 Å². The van der Waals surface area contributed by atoms with Crippen LogP contribution >= 0.6 is 11.3 Å². The lowest BCUT2D eigenvalue weighted by Gasteiger charge is -2.10. The van der Waals surface area contributed by atoms with E-state index in [1.165, 1.54) is 28.2 Å². The standard InChI is InChI=1S/C25H23F3N4O2S/c1-16(2)15-34-24-30-23(17-5-7-18(8-6-17)25(26,27)28)32(31-24)20-11-9-19(10-12-20)29-22(33)14-21-4-3-13-35-21/h3-13,16H,14-15H2,1-2H3,(H,29,33). The third-order valence-electron chi connectivity index (χ3n) is 4.91. The molecule has 0 aliphatic rings. The van der Waals surface area contributed by atoms with Crippen molar-refractivity contribution in [1.82, 2.24) is 14.8 Å². The summed E-state index contributed by atoms with van der Waals surface area (Å²) in [7, 11) is 0. The van der Waals surface area contributed by atoms with Gasteiger partial charge < -0.3 is 10.1 Å². The molecule has 0 unspecified atom stereocenters. The average Bonchev–Trinajstić information content (AvgIpc) is 3.48. The van der Waals surface area contributed by atoms with E-state index in [2.05, 4.69) is 15.4 Å². The van der Waals surface area contributed by atoms with Crippen molar-refractivity contribution in [1.29, 1.82) is 0 Å². The Morgan fingerprint density at radius 3 is 2.40 bits per heavy atom. The van der Waals surface area contributed by atoms with Gasteiger partial charge in [-0.3, -0.25) is 4.79 Å². The van der Waals surface area contributed by atoms with E-state index in [0.717, 1.165) is 17.0 Å². The number of amides is 1. The second kappa shape index (κ2) is 10.3. The van der Waals surface area contributed by atoms with E-state index in [4.69, 9.17) is 4.74 Å². The number of alkyl halides is 3. The van der Waals surface area contributed by atoms with Gasteiger partial charge in [0.15, 0.2) is 5.82 Å². The van der Waals surface area contributed by atoms with Crippen LogP contribution in [0.5, 0.6) is 6.01 Å². The number of aromatic nitrogens is 3. The maximum absolute atomic E-state index is 13.0. The van der Waals surface area contributed by atoms with Gasteiger partial charge >= 0.3 is 12.2 Å². The highest BCUT2D eigenvalue weighted by Gasteiger charge is 2.30. The van der Waals surface area contributed by atoms with Gasteiger partial charge in [-0.25, -0.2) is 4.68 Å². The van der Waals surface area contributed by atoms with Gasteiger partial charge in [0.05, 0.1) is 24.3 Å². The summed E-state index contributed by atoms with van der Waals surface area (Å²) in [5.41, 5.74) is 0.940. The Bertz CT molecular complexity index is 1270. The zero-order valence-electron chi connectivity index (χ0n) is 19.0. The molecule has 1 amide bonds. The largest absolute Gasteiger partial charge is 0.462 e. The molecule has 4 rings (SSSR count). The Kier molecular flexibility index (Phi) is 7.20. The van der Waals surface area contributed by atoms with Gasteiger partial charge in [-0.2, -0.15) is 18.2 Å². The van der Waals surface area contributed by atoms with E-state index < -0.39 is 11.7 Å². The molecule has 0 fully saturated rings. The molecular formula is C25H23F3N4O2S. The first-order valence-corrected chi connectivity index (χ1v) is 11.8. The molecule has 0 saturated heterocycles. The molecule has 1 N–H and O–H groups in total. The maximum Gasteiger partial charge on any atom is 0.416 e. The number of halogens is 3. The molecule has 2 heterocycles. The van der Waals surface area contributed by atoms with Crippen molar-refractivity contribution in [3.8, 4) is 23.1 Å². The lowest BCUT2D eigenvalue weighted by Crippen LogP contribution is -2.13. The fourth-order valence-electron chi connectivity index (χ4n) is 3.23. The maximum atomic E-state index is 13.0. The minimum Gasteiger partial charge on any atom is -0.462 e. The van der Waals surface area contributed by atoms with E-state index >= 15 is 0 Å². The normalized spacial score (nSPS) is 11.6. The second-order valence-electron chi connectivity index (χ2n) is 8.26. The lowest BCUT2D eigenvalue weighted by molar-refractivity contribution is -0.137. The summed E-state index contributed by atoms with van der Waals surface area (Å²) in [6, 6.07) is 15.6. The summed E-state index contributed by atoms with van der Waals surface area (Å²) < 4.78 is 46.2. The summed E-state index contributed by atoms with van der Waals surface area (Å²) in [6.45, 7) is 4.37. The number of nitrogens with zero attached hydrogens (tertiary/aromatic N) is 3. The van der Waals surface area contributed by atoms with Gasteiger partial charge in [0.2, 0.25) is 5.91 Å². The minimum absolute atomic E-state index is 0.127. The van der Waals surface area contributed by atoms with Crippen LogP contribution in [0, 0.1) is 5.92 Å². The molecule has 0 aliphatic carbocycles. The zero-order chi connectivity index (χ0) is 25.0. The Morgan fingerprint density at radius 1 is 1.09 bits per heavy atom. The first kappa shape index (κ1) is 24.5. The molecule has 0 atom stereocenters. The molecular weight excluding hydrogens is 477 g/mol. The molecule has 182 valence electrons. The Labute approximate surface area is 204 Å². The van der Waals surface area contributed by atoms with Crippen molar-refractivity contribution in [2.45, 2.75) is 26.4 Å². The van der Waals surface area contributed by atoms with Crippen molar-refractivity contribution in [2.75, 3.05) is 11.9 Å². The summed E-state index contributed by atoms with van der Waals surface area (Å²) >= 11 is 1.52. The van der Waals surface area contributed by atoms with Crippen LogP contribution in [0.4, 0.5) is 18.9 Å². The van der Waals surface area contributed by atoms with Gasteiger partial charge in [0.25, 0.3) is 0 Å². The van der Waals surface area contributed by atoms with Crippen LogP contribution in [0.15, 0.2) is 66.0 Å². The third kappa shape index (κ3) is 6.27. The monoisotopic (exact) mass is 500 g/mol. The van der Waals surface area contributed by atoms with Crippen molar-refractivity contribution in [3.63, 3.8) is 0 Å². The Morgan fingerprint density at radius 2 is 1.80 bits per heavy atom. The number of carbonyl (C=O) groups excluding carboxylic acids is 1. The van der Waals surface area contributed by atoms with Gasteiger partial charge in [-0.15, -0.1) is 16.4 Å². The zero-order valence-corrected chi connectivity index (χ0v) is 19.9. The number of nitrogens with one attached hydrogen (secondary N) is 1. The summed E-state index contributed by atoms with van der Waals surface area (Å²) in [5.74, 6) is 0.455. The van der Waals surface area contributed by atoms with Crippen molar-refractivity contribution in [2.24, 2.45) is 5.92 Å². The van der Waals surface area contributed by atoms with E-state index in [-0.39, 0.29) is 24.3 Å². The number of hydrogen-bond donors (Lipinski definition) is 1. The van der Waals surface area contributed by atoms with E-state index in [0.29, 0.717) is 29.4 Å². The van der Waals surface area contributed by atoms with Gasteiger partial charge in [-0.1, -0.05) is 32.0 Å². The Hall–Kier alpha value is -3.66. The third-order valence-corrected chi connectivity index (χ3v) is 5.79. The average molecular weight is 501 g/mol. The van der Waals surface area contributed by atoms with Crippen molar-refractivity contribution in [3.05, 3.63) is 76.5 Å². The number of thiophene rings is 1. The highest BCUT2D eigenvalue weighted by atomic mass is 32.1. The number of benzene rings is 2. The molecule has 0 spiro atoms. The van der Waals surface area contributed by atoms with Gasteiger partial charge in [0, 0.05) is 16.1 Å². The number of hydrogen-bond acceptors (Lipinski definition) is 5. The minimum atomic E-state index is -4.43. The summed E-state index contributed by atoms with van der Waals surface area (Å²) in [6.07, 6.45) is -4.14. The van der Waals surface area contributed by atoms with Crippen LogP contribution in [0.1, 0.15) is 24.3 Å². The number of rotatable bonds is 8. The van der Waals surface area contributed by atoms with E-state index in [9.17, 15) is 18.0 Å². The van der Waals surface area contributed by atoms with Crippen LogP contribution in [-0.4, -0.2) is 27.3 Å². The predicted molar refractivity (Wildman–Crippen MR) is 129 cm³/mol. The van der Waals surface area contributed by atoms with Crippen molar-refractivity contribution >= 4 is 22.9 Å². The van der Waals surface area contributed by atoms with Crippen LogP contribution in [0.2, 0.25) is 0 Å². The number of anilines is 1. The SMILES string of the molecule is CC(C)COc1nc(-c2ccc(C(F)(F)F)cc2)n(-c2ccc(NC(=O)Cc3cccs3)cc2)n1. The quantitative estimate of drug-likeness (QED) is 0.311. The van der Waals surface area contributed by atoms with E-state index in [1.54, 1.807) is 24.3 Å². The Balaban J connectivity index is 1.59. The second-order valence-corrected chi connectivity index (χ2v) is 9.29. The van der Waals surface area contributed by atoms with Gasteiger partial charge in [-0.05, 0) is 53.8 Å². The fraction of sp³-hybridized carbons (Fsp3) is 0.240. The predicted octanol–water partition coefficient (Wildman–Crippen LogP) is 6.23. The highest BCUT2D eigenvalue weighted by molar-refractivity contribution is 7.10. The fourth-order valence-corrected chi connectivity index (χ4v) is 3.94.